The maximum Gasteiger partial charge on any atom is 0.321 e. The van der Waals surface area contributed by atoms with Crippen LogP contribution in [-0.2, 0) is 11.3 Å². The van der Waals surface area contributed by atoms with Crippen molar-refractivity contribution in [1.82, 2.24) is 20.6 Å². The van der Waals surface area contributed by atoms with Crippen LogP contribution in [0.4, 0.5) is 4.79 Å². The summed E-state index contributed by atoms with van der Waals surface area (Å²) >= 11 is 3.18. The molecule has 0 aliphatic carbocycles. The van der Waals surface area contributed by atoms with Crippen molar-refractivity contribution in [3.63, 3.8) is 0 Å². The van der Waals surface area contributed by atoms with E-state index in [1.54, 1.807) is 11.3 Å². The second-order valence-electron chi connectivity index (χ2n) is 6.35. The summed E-state index contributed by atoms with van der Waals surface area (Å²) in [5, 5.41) is 7.01. The van der Waals surface area contributed by atoms with Crippen LogP contribution in [0.25, 0.3) is 10.2 Å². The molecule has 0 aliphatic heterocycles. The fourth-order valence-electron chi connectivity index (χ4n) is 2.67. The van der Waals surface area contributed by atoms with Crippen molar-refractivity contribution in [2.24, 2.45) is 0 Å². The van der Waals surface area contributed by atoms with Gasteiger partial charge in [-0.15, -0.1) is 23.1 Å². The monoisotopic (exact) mass is 414 g/mol. The predicted octanol–water partition coefficient (Wildman–Crippen LogP) is 4.12. The highest BCUT2D eigenvalue weighted by molar-refractivity contribution is 7.99. The van der Waals surface area contributed by atoms with Crippen molar-refractivity contribution in [3.05, 3.63) is 52.2 Å². The van der Waals surface area contributed by atoms with Gasteiger partial charge in [0.05, 0.1) is 0 Å². The predicted molar refractivity (Wildman–Crippen MR) is 114 cm³/mol. The third-order valence-electron chi connectivity index (χ3n) is 4.22. The van der Waals surface area contributed by atoms with E-state index < -0.39 is 6.03 Å². The van der Waals surface area contributed by atoms with Crippen LogP contribution in [0.1, 0.15) is 28.2 Å². The molecule has 0 atom stereocenters. The lowest BCUT2D eigenvalue weighted by Crippen LogP contribution is -2.39. The molecule has 3 aromatic rings. The largest absolute Gasteiger partial charge is 0.334 e. The fourth-order valence-corrected chi connectivity index (χ4v) is 4.88. The number of carbonyl (C=O) groups excluding carboxylic acids is 2. The van der Waals surface area contributed by atoms with Crippen molar-refractivity contribution in [2.45, 2.75) is 38.8 Å². The summed E-state index contributed by atoms with van der Waals surface area (Å²) in [6.07, 6.45) is 0.232. The smallest absolute Gasteiger partial charge is 0.321 e. The van der Waals surface area contributed by atoms with Crippen LogP contribution in [0, 0.1) is 20.8 Å². The average molecular weight is 415 g/mol. The minimum absolute atomic E-state index is 0.232. The topological polar surface area (TPSA) is 84.0 Å². The maximum atomic E-state index is 12.0. The number of thioether (sulfide) groups is 1. The Morgan fingerprint density at radius 3 is 2.61 bits per heavy atom. The number of fused-ring (bicyclic) bond motifs is 1. The summed E-state index contributed by atoms with van der Waals surface area (Å²) in [4.78, 5) is 35.2. The van der Waals surface area contributed by atoms with Gasteiger partial charge >= 0.3 is 6.03 Å². The molecule has 2 aromatic heterocycles. The molecule has 3 rings (SSSR count). The molecular weight excluding hydrogens is 392 g/mol. The molecule has 6 nitrogen and oxygen atoms in total. The van der Waals surface area contributed by atoms with E-state index in [4.69, 9.17) is 0 Å². The SMILES string of the molecule is Cc1nc(SCCC(=O)NC(=O)NCc2ccccc2)c2c(C)c(C)sc2n1. The van der Waals surface area contributed by atoms with E-state index in [1.807, 2.05) is 37.3 Å². The number of benzene rings is 1. The van der Waals surface area contributed by atoms with Crippen LogP contribution in [0.15, 0.2) is 35.4 Å². The number of hydrogen-bond acceptors (Lipinski definition) is 6. The number of nitrogens with zero attached hydrogens (tertiary/aromatic N) is 2. The third-order valence-corrected chi connectivity index (χ3v) is 6.30. The highest BCUT2D eigenvalue weighted by Gasteiger charge is 2.15. The summed E-state index contributed by atoms with van der Waals surface area (Å²) in [6.45, 7) is 6.40. The van der Waals surface area contributed by atoms with Gasteiger partial charge in [0, 0.05) is 29.0 Å². The number of rotatable bonds is 6. The Balaban J connectivity index is 1.50. The summed E-state index contributed by atoms with van der Waals surface area (Å²) in [7, 11) is 0. The van der Waals surface area contributed by atoms with E-state index in [0.29, 0.717) is 12.3 Å². The maximum absolute atomic E-state index is 12.0. The molecule has 146 valence electrons. The number of nitrogens with one attached hydrogen (secondary N) is 2. The van der Waals surface area contributed by atoms with Gasteiger partial charge in [-0.25, -0.2) is 14.8 Å². The molecule has 0 spiro atoms. The van der Waals surface area contributed by atoms with E-state index >= 15 is 0 Å². The van der Waals surface area contributed by atoms with Crippen LogP contribution in [0.2, 0.25) is 0 Å². The molecule has 28 heavy (non-hydrogen) atoms. The van der Waals surface area contributed by atoms with E-state index in [-0.39, 0.29) is 12.3 Å². The van der Waals surface area contributed by atoms with Crippen molar-refractivity contribution in [1.29, 1.82) is 0 Å². The first-order chi connectivity index (χ1) is 13.4. The summed E-state index contributed by atoms with van der Waals surface area (Å²) in [5.74, 6) is 0.955. The molecule has 2 N–H and O–H groups in total. The van der Waals surface area contributed by atoms with E-state index in [9.17, 15) is 9.59 Å². The highest BCUT2D eigenvalue weighted by Crippen LogP contribution is 2.35. The Bertz CT molecular complexity index is 1000. The molecule has 0 radical (unpaired) electrons. The molecule has 0 fully saturated rings. The first-order valence-electron chi connectivity index (χ1n) is 8.93. The van der Waals surface area contributed by atoms with Crippen LogP contribution >= 0.6 is 23.1 Å². The van der Waals surface area contributed by atoms with Gasteiger partial charge in [-0.2, -0.15) is 0 Å². The lowest BCUT2D eigenvalue weighted by molar-refractivity contribution is -0.119. The summed E-state index contributed by atoms with van der Waals surface area (Å²) < 4.78 is 0. The first kappa shape index (κ1) is 20.3. The van der Waals surface area contributed by atoms with Crippen LogP contribution in [0.5, 0.6) is 0 Å². The van der Waals surface area contributed by atoms with Gasteiger partial charge in [0.1, 0.15) is 15.7 Å². The zero-order chi connectivity index (χ0) is 20.1. The Morgan fingerprint density at radius 1 is 1.11 bits per heavy atom. The number of imide groups is 1. The van der Waals surface area contributed by atoms with Gasteiger partial charge in [0.15, 0.2) is 0 Å². The van der Waals surface area contributed by atoms with Gasteiger partial charge in [-0.3, -0.25) is 10.1 Å². The van der Waals surface area contributed by atoms with Crippen LogP contribution < -0.4 is 10.6 Å². The fraction of sp³-hybridized carbons (Fsp3) is 0.300. The zero-order valence-corrected chi connectivity index (χ0v) is 17.7. The first-order valence-corrected chi connectivity index (χ1v) is 10.7. The summed E-state index contributed by atoms with van der Waals surface area (Å²) in [6, 6.07) is 9.06. The molecule has 1 aromatic carbocycles. The standard InChI is InChI=1S/C20H22N4O2S2/c1-12-13(2)28-19-17(12)18(22-14(3)23-19)27-10-9-16(25)24-20(26)21-11-15-7-5-4-6-8-15/h4-8H,9-11H2,1-3H3,(H2,21,24,25,26). The van der Waals surface area contributed by atoms with Crippen molar-refractivity contribution in [3.8, 4) is 0 Å². The lowest BCUT2D eigenvalue weighted by atomic mass is 10.2. The number of thiophene rings is 1. The Morgan fingerprint density at radius 2 is 1.86 bits per heavy atom. The van der Waals surface area contributed by atoms with E-state index in [1.165, 1.54) is 22.2 Å². The number of urea groups is 1. The molecule has 0 bridgehead atoms. The lowest BCUT2D eigenvalue weighted by Gasteiger charge is -2.07. The second-order valence-corrected chi connectivity index (χ2v) is 8.64. The molecule has 0 unspecified atom stereocenters. The number of aromatic nitrogens is 2. The van der Waals surface area contributed by atoms with Gasteiger partial charge < -0.3 is 5.32 Å². The second kappa shape index (κ2) is 9.16. The highest BCUT2D eigenvalue weighted by atomic mass is 32.2. The third kappa shape index (κ3) is 5.08. The molecule has 2 heterocycles. The van der Waals surface area contributed by atoms with Gasteiger partial charge in [0.2, 0.25) is 5.91 Å². The number of amides is 3. The molecular formula is C20H22N4O2S2. The van der Waals surface area contributed by atoms with E-state index in [0.717, 1.165) is 26.6 Å². The minimum Gasteiger partial charge on any atom is -0.334 e. The van der Waals surface area contributed by atoms with Crippen molar-refractivity contribution >= 4 is 45.3 Å². The van der Waals surface area contributed by atoms with Crippen LogP contribution in [0.3, 0.4) is 0 Å². The molecule has 0 aliphatic rings. The van der Waals surface area contributed by atoms with Crippen molar-refractivity contribution < 1.29 is 9.59 Å². The normalized spacial score (nSPS) is 10.8. The minimum atomic E-state index is -0.483. The summed E-state index contributed by atoms with van der Waals surface area (Å²) in [5.41, 5.74) is 2.16. The number of carbonyl (C=O) groups is 2. The zero-order valence-electron chi connectivity index (χ0n) is 16.0. The molecule has 0 saturated carbocycles. The molecule has 8 heteroatoms. The Labute approximate surface area is 172 Å². The molecule has 3 amide bonds. The number of hydrogen-bond donors (Lipinski definition) is 2. The van der Waals surface area contributed by atoms with Gasteiger partial charge in [-0.1, -0.05) is 30.3 Å². The van der Waals surface area contributed by atoms with Gasteiger partial charge in [0.25, 0.3) is 0 Å². The van der Waals surface area contributed by atoms with Crippen LogP contribution in [-0.4, -0.2) is 27.7 Å². The van der Waals surface area contributed by atoms with E-state index in [2.05, 4.69) is 34.4 Å². The van der Waals surface area contributed by atoms with Gasteiger partial charge in [-0.05, 0) is 31.9 Å². The Hall–Kier alpha value is -2.45. The molecule has 0 saturated heterocycles. The number of aryl methyl sites for hydroxylation is 3. The Kier molecular flexibility index (Phi) is 6.64. The average Bonchev–Trinajstić information content (AvgIpc) is 2.94. The van der Waals surface area contributed by atoms with Crippen molar-refractivity contribution in [2.75, 3.05) is 5.75 Å². The quantitative estimate of drug-likeness (QED) is 0.468.